The quantitative estimate of drug-likeness (QED) is 0.912. The summed E-state index contributed by atoms with van der Waals surface area (Å²) in [6, 6.07) is 5.24. The Bertz CT molecular complexity index is 736. The first kappa shape index (κ1) is 14.4. The van der Waals surface area contributed by atoms with Crippen molar-refractivity contribution >= 4 is 11.7 Å². The number of aromatic nitrogens is 2. The molecule has 116 valence electrons. The van der Waals surface area contributed by atoms with E-state index >= 15 is 0 Å². The number of amides is 1. The van der Waals surface area contributed by atoms with Gasteiger partial charge in [0.2, 0.25) is 5.91 Å². The Labute approximate surface area is 128 Å². The molecular formula is C16H19N3O3. The largest absolute Gasteiger partial charge is 0.504 e. The molecule has 0 bridgehead atoms. The minimum atomic E-state index is -0.0859. The zero-order chi connectivity index (χ0) is 15.9. The number of aromatic hydroxyl groups is 1. The number of carbonyl (C=O) groups is 1. The molecule has 0 radical (unpaired) electrons. The molecule has 6 nitrogen and oxygen atoms in total. The predicted molar refractivity (Wildman–Crippen MR) is 82.3 cm³/mol. The average Bonchev–Trinajstić information content (AvgIpc) is 2.76. The van der Waals surface area contributed by atoms with Crippen LogP contribution >= 0.6 is 0 Å². The number of phenolic OH excluding ortho intramolecular Hbond substituents is 1. The normalized spacial score (nSPS) is 17.0. The van der Waals surface area contributed by atoms with E-state index < -0.39 is 0 Å². The van der Waals surface area contributed by atoms with Gasteiger partial charge in [0.05, 0.1) is 12.3 Å². The first-order valence-electron chi connectivity index (χ1n) is 7.30. The van der Waals surface area contributed by atoms with Crippen LogP contribution < -0.4 is 10.1 Å². The number of phenols is 1. The molecule has 2 N–H and O–H groups in total. The molecule has 1 amide bonds. The van der Waals surface area contributed by atoms with Gasteiger partial charge in [-0.05, 0) is 31.5 Å². The molecule has 0 aliphatic carbocycles. The average molecular weight is 301 g/mol. The van der Waals surface area contributed by atoms with Gasteiger partial charge in [0.25, 0.3) is 0 Å². The summed E-state index contributed by atoms with van der Waals surface area (Å²) < 4.78 is 7.14. The van der Waals surface area contributed by atoms with Gasteiger partial charge in [-0.15, -0.1) is 0 Å². The van der Waals surface area contributed by atoms with Crippen molar-refractivity contribution in [2.75, 3.05) is 11.9 Å². The number of fused-ring (bicyclic) bond motifs is 1. The number of hydrogen-bond donors (Lipinski definition) is 2. The van der Waals surface area contributed by atoms with Gasteiger partial charge >= 0.3 is 0 Å². The molecule has 3 rings (SSSR count). The van der Waals surface area contributed by atoms with Crippen LogP contribution in [0.15, 0.2) is 18.2 Å². The number of nitrogens with zero attached hydrogens (tertiary/aromatic N) is 2. The maximum atomic E-state index is 12.0. The lowest BCUT2D eigenvalue weighted by molar-refractivity contribution is -0.116. The summed E-state index contributed by atoms with van der Waals surface area (Å²) in [6.07, 6.45) is 0.357. The maximum Gasteiger partial charge on any atom is 0.226 e. The highest BCUT2D eigenvalue weighted by molar-refractivity contribution is 5.94. The first-order chi connectivity index (χ1) is 10.5. The molecule has 1 aromatic carbocycles. The fourth-order valence-electron chi connectivity index (χ4n) is 3.01. The minimum absolute atomic E-state index is 0.0356. The van der Waals surface area contributed by atoms with Gasteiger partial charge in [0.1, 0.15) is 5.82 Å². The second-order valence-corrected chi connectivity index (χ2v) is 5.44. The maximum absolute atomic E-state index is 12.0. The fourth-order valence-corrected chi connectivity index (χ4v) is 3.01. The van der Waals surface area contributed by atoms with Crippen LogP contribution in [0.5, 0.6) is 11.5 Å². The predicted octanol–water partition coefficient (Wildman–Crippen LogP) is 2.31. The third kappa shape index (κ3) is 2.30. The molecule has 6 heteroatoms. The van der Waals surface area contributed by atoms with E-state index in [2.05, 4.69) is 10.4 Å². The van der Waals surface area contributed by atoms with Gasteiger partial charge in [-0.2, -0.15) is 5.10 Å². The molecule has 1 aliphatic rings. The number of ether oxygens (including phenoxy) is 1. The standard InChI is InChI=1S/C16H19N3O3/c1-4-22-13-7-10(5-6-12(13)20)11-8-14(21)17-16-15(11)9(2)18-19(16)3/h5-7,11,20H,4,8H2,1-3H3,(H,17,21)/t11-/m0/s1. The van der Waals surface area contributed by atoms with Crippen LogP contribution in [0, 0.1) is 6.92 Å². The Kier molecular flexibility index (Phi) is 3.52. The summed E-state index contributed by atoms with van der Waals surface area (Å²) in [7, 11) is 1.82. The lowest BCUT2D eigenvalue weighted by Gasteiger charge is -2.24. The van der Waals surface area contributed by atoms with Crippen molar-refractivity contribution in [2.24, 2.45) is 7.05 Å². The minimum Gasteiger partial charge on any atom is -0.504 e. The molecule has 2 aromatic rings. The molecule has 0 saturated heterocycles. The smallest absolute Gasteiger partial charge is 0.226 e. The summed E-state index contributed by atoms with van der Waals surface area (Å²) >= 11 is 0. The van der Waals surface area contributed by atoms with E-state index in [-0.39, 0.29) is 17.6 Å². The molecule has 2 heterocycles. The molecular weight excluding hydrogens is 282 g/mol. The Hall–Kier alpha value is -2.50. The van der Waals surface area contributed by atoms with E-state index in [4.69, 9.17) is 4.74 Å². The van der Waals surface area contributed by atoms with Crippen LogP contribution in [0.3, 0.4) is 0 Å². The van der Waals surface area contributed by atoms with E-state index in [9.17, 15) is 9.90 Å². The van der Waals surface area contributed by atoms with Gasteiger partial charge in [-0.1, -0.05) is 6.07 Å². The Morgan fingerprint density at radius 1 is 1.50 bits per heavy atom. The first-order valence-corrected chi connectivity index (χ1v) is 7.30. The fraction of sp³-hybridized carbons (Fsp3) is 0.375. The van der Waals surface area contributed by atoms with Crippen molar-refractivity contribution in [2.45, 2.75) is 26.2 Å². The highest BCUT2D eigenvalue weighted by Gasteiger charge is 2.31. The van der Waals surface area contributed by atoms with E-state index in [1.165, 1.54) is 0 Å². The van der Waals surface area contributed by atoms with Gasteiger partial charge < -0.3 is 15.2 Å². The van der Waals surface area contributed by atoms with Gasteiger partial charge in [-0.25, -0.2) is 0 Å². The molecule has 22 heavy (non-hydrogen) atoms. The van der Waals surface area contributed by atoms with Gasteiger partial charge in [-0.3, -0.25) is 9.48 Å². The van der Waals surface area contributed by atoms with Crippen LogP contribution in [0.25, 0.3) is 0 Å². The van der Waals surface area contributed by atoms with Gasteiger partial charge in [0.15, 0.2) is 11.5 Å². The SMILES string of the molecule is CCOc1cc([C@@H]2CC(=O)Nc3c2c(C)nn3C)ccc1O. The van der Waals surface area contributed by atoms with Gasteiger partial charge in [0, 0.05) is 24.9 Å². The zero-order valence-corrected chi connectivity index (χ0v) is 12.9. The number of anilines is 1. The Morgan fingerprint density at radius 3 is 3.00 bits per heavy atom. The zero-order valence-electron chi connectivity index (χ0n) is 12.9. The van der Waals surface area contributed by atoms with E-state index in [1.807, 2.05) is 27.0 Å². The number of carbonyl (C=O) groups excluding carboxylic acids is 1. The molecule has 1 atom stereocenters. The van der Waals surface area contributed by atoms with Crippen LogP contribution in [-0.2, 0) is 11.8 Å². The topological polar surface area (TPSA) is 76.4 Å². The Balaban J connectivity index is 2.09. The van der Waals surface area contributed by atoms with Crippen molar-refractivity contribution in [3.8, 4) is 11.5 Å². The highest BCUT2D eigenvalue weighted by Crippen LogP contribution is 2.41. The van der Waals surface area contributed by atoms with E-state index in [0.29, 0.717) is 18.8 Å². The lowest BCUT2D eigenvalue weighted by atomic mass is 9.85. The van der Waals surface area contributed by atoms with Crippen molar-refractivity contribution in [1.82, 2.24) is 9.78 Å². The van der Waals surface area contributed by atoms with Crippen molar-refractivity contribution < 1.29 is 14.6 Å². The van der Waals surface area contributed by atoms with Crippen molar-refractivity contribution in [3.63, 3.8) is 0 Å². The van der Waals surface area contributed by atoms with Crippen LogP contribution in [0.4, 0.5) is 5.82 Å². The van der Waals surface area contributed by atoms with Crippen LogP contribution in [-0.4, -0.2) is 27.4 Å². The monoisotopic (exact) mass is 301 g/mol. The lowest BCUT2D eigenvalue weighted by Crippen LogP contribution is -2.24. The summed E-state index contributed by atoms with van der Waals surface area (Å²) in [5, 5.41) is 17.1. The number of hydrogen-bond acceptors (Lipinski definition) is 4. The summed E-state index contributed by atoms with van der Waals surface area (Å²) in [6.45, 7) is 4.27. The molecule has 0 spiro atoms. The molecule has 1 aromatic heterocycles. The van der Waals surface area contributed by atoms with Crippen LogP contribution in [0.2, 0.25) is 0 Å². The molecule has 0 unspecified atom stereocenters. The molecule has 0 fully saturated rings. The molecule has 0 saturated carbocycles. The Morgan fingerprint density at radius 2 is 2.27 bits per heavy atom. The third-order valence-corrected chi connectivity index (χ3v) is 3.95. The molecule has 1 aliphatic heterocycles. The van der Waals surface area contributed by atoms with E-state index in [0.717, 1.165) is 22.6 Å². The number of nitrogens with one attached hydrogen (secondary N) is 1. The van der Waals surface area contributed by atoms with Crippen molar-refractivity contribution in [1.29, 1.82) is 0 Å². The van der Waals surface area contributed by atoms with Crippen LogP contribution in [0.1, 0.15) is 36.1 Å². The van der Waals surface area contributed by atoms with E-state index in [1.54, 1.807) is 16.8 Å². The highest BCUT2D eigenvalue weighted by atomic mass is 16.5. The second kappa shape index (κ2) is 5.36. The number of benzene rings is 1. The van der Waals surface area contributed by atoms with Crippen molar-refractivity contribution in [3.05, 3.63) is 35.0 Å². The summed E-state index contributed by atoms with van der Waals surface area (Å²) in [5.74, 6) is 1.16. The number of rotatable bonds is 3. The number of aryl methyl sites for hydroxylation is 2. The second-order valence-electron chi connectivity index (χ2n) is 5.44. The summed E-state index contributed by atoms with van der Waals surface area (Å²) in [4.78, 5) is 12.0. The third-order valence-electron chi connectivity index (χ3n) is 3.95. The summed E-state index contributed by atoms with van der Waals surface area (Å²) in [5.41, 5.74) is 2.86.